The summed E-state index contributed by atoms with van der Waals surface area (Å²) in [6.07, 6.45) is -8.25. The number of nitrogens with one attached hydrogen (secondary N) is 1. The molecule has 1 N–H and O–H groups in total. The highest BCUT2D eigenvalue weighted by atomic mass is 32.2. The van der Waals surface area contributed by atoms with E-state index in [2.05, 4.69) is 5.32 Å². The number of rotatable bonds is 4. The minimum Gasteiger partial charge on any atom is -0.317 e. The maximum atomic E-state index is 13.5. The van der Waals surface area contributed by atoms with Crippen LogP contribution in [-0.2, 0) is 9.84 Å². The van der Waals surface area contributed by atoms with Gasteiger partial charge in [0.2, 0.25) is 9.84 Å². The van der Waals surface area contributed by atoms with Crippen LogP contribution >= 0.6 is 0 Å². The lowest BCUT2D eigenvalue weighted by Crippen LogP contribution is -2.64. The molecule has 0 amide bonds. The smallest absolute Gasteiger partial charge is 0.317 e. The van der Waals surface area contributed by atoms with Gasteiger partial charge >= 0.3 is 23.3 Å². The molecule has 3 nitrogen and oxygen atoms in total. The van der Waals surface area contributed by atoms with Crippen LogP contribution in [0, 0.1) is 0 Å². The molecule has 0 spiro atoms. The number of hydrogen-bond donors (Lipinski definition) is 1. The first kappa shape index (κ1) is 19.3. The summed E-state index contributed by atoms with van der Waals surface area (Å²) in [5, 5.41) is -6.20. The number of piperidine rings is 1. The zero-order chi connectivity index (χ0) is 17.6. The van der Waals surface area contributed by atoms with E-state index in [0.717, 1.165) is 0 Å². The lowest BCUT2D eigenvalue weighted by Gasteiger charge is -2.35. The van der Waals surface area contributed by atoms with Crippen LogP contribution in [0.25, 0.3) is 0 Å². The lowest BCUT2D eigenvalue weighted by atomic mass is 10.1. The minimum atomic E-state index is -7.20. The van der Waals surface area contributed by atoms with Crippen LogP contribution in [0.1, 0.15) is 12.8 Å². The predicted molar refractivity (Wildman–Crippen MR) is 55.7 cm³/mol. The zero-order valence-corrected chi connectivity index (χ0v) is 11.3. The van der Waals surface area contributed by atoms with Gasteiger partial charge < -0.3 is 5.32 Å². The summed E-state index contributed by atoms with van der Waals surface area (Å²) >= 11 is 0. The molecule has 0 unspecified atom stereocenters. The molecular formula is C9H10F9NO2S. The maximum absolute atomic E-state index is 13.5. The SMILES string of the molecule is O=S(=O)(C1CCNCC1)C(F)(F)C(F)(F)C(F)(F)C(F)(F)F. The van der Waals surface area contributed by atoms with Gasteiger partial charge in [0.1, 0.15) is 0 Å². The molecule has 0 atom stereocenters. The molecule has 1 heterocycles. The largest absolute Gasteiger partial charge is 0.460 e. The molecule has 1 aliphatic rings. The quantitative estimate of drug-likeness (QED) is 0.777. The van der Waals surface area contributed by atoms with Crippen molar-refractivity contribution in [2.24, 2.45) is 0 Å². The Labute approximate surface area is 118 Å². The van der Waals surface area contributed by atoms with E-state index in [4.69, 9.17) is 0 Å². The Morgan fingerprint density at radius 2 is 1.18 bits per heavy atom. The first-order valence-electron chi connectivity index (χ1n) is 5.75. The van der Waals surface area contributed by atoms with Gasteiger partial charge in [-0.1, -0.05) is 0 Å². The van der Waals surface area contributed by atoms with Crippen LogP contribution in [0.2, 0.25) is 0 Å². The van der Waals surface area contributed by atoms with Gasteiger partial charge in [0.25, 0.3) is 0 Å². The van der Waals surface area contributed by atoms with Crippen molar-refractivity contribution in [2.45, 2.75) is 41.4 Å². The monoisotopic (exact) mass is 367 g/mol. The summed E-state index contributed by atoms with van der Waals surface area (Å²) in [4.78, 5) is 0. The van der Waals surface area contributed by atoms with Crippen LogP contribution in [0.15, 0.2) is 0 Å². The Morgan fingerprint density at radius 1 is 0.773 bits per heavy atom. The molecule has 132 valence electrons. The van der Waals surface area contributed by atoms with Gasteiger partial charge in [0, 0.05) is 0 Å². The molecule has 0 aromatic rings. The first-order valence-corrected chi connectivity index (χ1v) is 7.29. The highest BCUT2D eigenvalue weighted by molar-refractivity contribution is 7.93. The van der Waals surface area contributed by atoms with E-state index in [1.54, 1.807) is 0 Å². The van der Waals surface area contributed by atoms with Crippen LogP contribution in [0.3, 0.4) is 0 Å². The van der Waals surface area contributed by atoms with Gasteiger partial charge in [0.15, 0.2) is 0 Å². The Bertz CT molecular complexity index is 508. The minimum absolute atomic E-state index is 0.179. The fraction of sp³-hybridized carbons (Fsp3) is 1.00. The first-order chi connectivity index (χ1) is 9.61. The summed E-state index contributed by atoms with van der Waals surface area (Å²) in [5.74, 6) is -14.3. The summed E-state index contributed by atoms with van der Waals surface area (Å²) in [7, 11) is -6.27. The molecule has 0 saturated carbocycles. The highest BCUT2D eigenvalue weighted by Gasteiger charge is 2.85. The molecule has 0 aromatic heterocycles. The molecule has 1 aliphatic heterocycles. The van der Waals surface area contributed by atoms with Crippen molar-refractivity contribution in [1.82, 2.24) is 5.32 Å². The zero-order valence-electron chi connectivity index (χ0n) is 10.5. The Morgan fingerprint density at radius 3 is 1.55 bits per heavy atom. The number of sulfone groups is 1. The van der Waals surface area contributed by atoms with E-state index in [9.17, 15) is 47.9 Å². The lowest BCUT2D eigenvalue weighted by molar-refractivity contribution is -0.382. The van der Waals surface area contributed by atoms with E-state index in [1.807, 2.05) is 0 Å². The number of halogens is 9. The molecule has 13 heteroatoms. The van der Waals surface area contributed by atoms with E-state index in [1.165, 1.54) is 0 Å². The van der Waals surface area contributed by atoms with E-state index in [-0.39, 0.29) is 13.1 Å². The average Bonchev–Trinajstić information content (AvgIpc) is 2.37. The van der Waals surface area contributed by atoms with Gasteiger partial charge in [-0.05, 0) is 25.9 Å². The molecule has 1 saturated heterocycles. The summed E-state index contributed by atoms with van der Waals surface area (Å²) < 4.78 is 137. The topological polar surface area (TPSA) is 46.2 Å². The molecule has 0 aromatic carbocycles. The third kappa shape index (κ3) is 2.65. The fourth-order valence-corrected chi connectivity index (χ4v) is 3.61. The van der Waals surface area contributed by atoms with E-state index >= 15 is 0 Å². The van der Waals surface area contributed by atoms with E-state index in [0.29, 0.717) is 0 Å². The van der Waals surface area contributed by atoms with Crippen molar-refractivity contribution < 1.29 is 47.9 Å². The average molecular weight is 367 g/mol. The summed E-state index contributed by atoms with van der Waals surface area (Å²) in [6, 6.07) is 0. The van der Waals surface area contributed by atoms with Crippen molar-refractivity contribution >= 4 is 9.84 Å². The Balaban J connectivity index is 3.31. The van der Waals surface area contributed by atoms with Gasteiger partial charge in [-0.25, -0.2) is 8.42 Å². The Hall–Kier alpha value is -0.720. The third-order valence-electron chi connectivity index (χ3n) is 3.20. The number of alkyl halides is 9. The molecule has 0 aliphatic carbocycles. The van der Waals surface area contributed by atoms with Crippen LogP contribution in [0.5, 0.6) is 0 Å². The van der Waals surface area contributed by atoms with E-state index < -0.39 is 51.2 Å². The molecule has 1 rings (SSSR count). The fourth-order valence-electron chi connectivity index (χ4n) is 1.85. The van der Waals surface area contributed by atoms with Gasteiger partial charge in [-0.2, -0.15) is 39.5 Å². The van der Waals surface area contributed by atoms with Crippen molar-refractivity contribution in [3.8, 4) is 0 Å². The molecule has 0 radical (unpaired) electrons. The van der Waals surface area contributed by atoms with Gasteiger partial charge in [0.05, 0.1) is 5.25 Å². The van der Waals surface area contributed by atoms with Crippen molar-refractivity contribution in [2.75, 3.05) is 13.1 Å². The predicted octanol–water partition coefficient (Wildman–Crippen LogP) is 2.58. The summed E-state index contributed by atoms with van der Waals surface area (Å²) in [6.45, 7) is -0.359. The molecule has 22 heavy (non-hydrogen) atoms. The van der Waals surface area contributed by atoms with Crippen LogP contribution in [0.4, 0.5) is 39.5 Å². The van der Waals surface area contributed by atoms with Gasteiger partial charge in [-0.3, -0.25) is 0 Å². The second-order valence-electron chi connectivity index (χ2n) is 4.66. The second kappa shape index (κ2) is 5.42. The molecule has 1 fully saturated rings. The maximum Gasteiger partial charge on any atom is 0.460 e. The van der Waals surface area contributed by atoms with Gasteiger partial charge in [-0.15, -0.1) is 0 Å². The van der Waals surface area contributed by atoms with Crippen LogP contribution < -0.4 is 5.32 Å². The number of hydrogen-bond acceptors (Lipinski definition) is 3. The van der Waals surface area contributed by atoms with Crippen molar-refractivity contribution in [3.05, 3.63) is 0 Å². The molecular weight excluding hydrogens is 357 g/mol. The molecule has 0 bridgehead atoms. The highest BCUT2D eigenvalue weighted by Crippen LogP contribution is 2.55. The third-order valence-corrected chi connectivity index (χ3v) is 5.52. The summed E-state index contributed by atoms with van der Waals surface area (Å²) in [5.41, 5.74) is 0. The standard InChI is InChI=1S/C9H10F9NO2S/c10-6(11,8(14,15)16)7(12,13)9(17,18)22(20,21)5-1-3-19-4-2-5/h5,19H,1-4H2. The second-order valence-corrected chi connectivity index (χ2v) is 6.93. The van der Waals surface area contributed by atoms with Crippen molar-refractivity contribution in [3.63, 3.8) is 0 Å². The Kier molecular flexibility index (Phi) is 4.77. The normalized spacial score (nSPS) is 20.2. The van der Waals surface area contributed by atoms with Crippen LogP contribution in [-0.4, -0.2) is 50.0 Å². The van der Waals surface area contributed by atoms with Crippen molar-refractivity contribution in [1.29, 1.82) is 0 Å².